The topological polar surface area (TPSA) is 67.8 Å². The van der Waals surface area contributed by atoms with E-state index in [-0.39, 0.29) is 12.6 Å². The molecule has 0 heterocycles. The zero-order valence-electron chi connectivity index (χ0n) is 14.7. The summed E-state index contributed by atoms with van der Waals surface area (Å²) in [6.07, 6.45) is 0.515. The molecule has 2 aromatic carbocycles. The van der Waals surface area contributed by atoms with Crippen LogP contribution in [0.5, 0.6) is 5.75 Å². The van der Waals surface area contributed by atoms with Crippen LogP contribution < -0.4 is 10.1 Å². The molecule has 2 aromatic rings. The quantitative estimate of drug-likeness (QED) is 0.685. The number of anilines is 1. The van der Waals surface area contributed by atoms with E-state index in [1.54, 1.807) is 19.1 Å². The maximum Gasteiger partial charge on any atom is 0.328 e. The highest BCUT2D eigenvalue weighted by Crippen LogP contribution is 2.24. The summed E-state index contributed by atoms with van der Waals surface area (Å²) in [6, 6.07) is 14.7. The van der Waals surface area contributed by atoms with Gasteiger partial charge in [-0.05, 0) is 37.6 Å². The zero-order chi connectivity index (χ0) is 18.1. The predicted molar refractivity (Wildman–Crippen MR) is 97.7 cm³/mol. The number of aliphatic hydroxyl groups is 1. The van der Waals surface area contributed by atoms with Crippen LogP contribution in [0.2, 0.25) is 0 Å². The van der Waals surface area contributed by atoms with Crippen molar-refractivity contribution < 1.29 is 19.4 Å². The highest BCUT2D eigenvalue weighted by Gasteiger charge is 2.20. The molecule has 0 unspecified atom stereocenters. The zero-order valence-corrected chi connectivity index (χ0v) is 14.7. The standard InChI is InChI=1S/C20H25NO4/c1-3-24-19-11-10-17(13-16(19)14-22)21-18(20(23)25-4-2)12-15-8-6-5-7-9-15/h5-11,13,18,21-22H,3-4,12,14H2,1-2H3/t18-/m0/s1. The molecule has 5 heteroatoms. The molecule has 0 bridgehead atoms. The fourth-order valence-corrected chi connectivity index (χ4v) is 2.58. The van der Waals surface area contributed by atoms with Crippen LogP contribution in [0.1, 0.15) is 25.0 Å². The number of hydrogen-bond acceptors (Lipinski definition) is 5. The number of carbonyl (C=O) groups excluding carboxylic acids is 1. The average Bonchev–Trinajstić information content (AvgIpc) is 2.63. The van der Waals surface area contributed by atoms with Gasteiger partial charge in [-0.2, -0.15) is 0 Å². The number of benzene rings is 2. The van der Waals surface area contributed by atoms with Crippen LogP contribution in [-0.2, 0) is 22.6 Å². The van der Waals surface area contributed by atoms with Crippen LogP contribution in [0, 0.1) is 0 Å². The number of hydrogen-bond donors (Lipinski definition) is 2. The molecule has 0 aromatic heterocycles. The van der Waals surface area contributed by atoms with Crippen molar-refractivity contribution in [3.8, 4) is 5.75 Å². The van der Waals surface area contributed by atoms with E-state index < -0.39 is 6.04 Å². The second kappa shape index (κ2) is 9.69. The van der Waals surface area contributed by atoms with Crippen molar-refractivity contribution in [3.05, 3.63) is 59.7 Å². The van der Waals surface area contributed by atoms with Crippen LogP contribution in [-0.4, -0.2) is 30.3 Å². The molecule has 0 aliphatic heterocycles. The number of aliphatic hydroxyl groups excluding tert-OH is 1. The summed E-state index contributed by atoms with van der Waals surface area (Å²) in [6.45, 7) is 4.41. The lowest BCUT2D eigenvalue weighted by Gasteiger charge is -2.19. The van der Waals surface area contributed by atoms with Gasteiger partial charge in [-0.3, -0.25) is 0 Å². The number of esters is 1. The van der Waals surface area contributed by atoms with Gasteiger partial charge in [0.15, 0.2) is 0 Å². The van der Waals surface area contributed by atoms with Gasteiger partial charge >= 0.3 is 5.97 Å². The van der Waals surface area contributed by atoms with Gasteiger partial charge in [0.05, 0.1) is 19.8 Å². The molecule has 0 amide bonds. The summed E-state index contributed by atoms with van der Waals surface area (Å²) >= 11 is 0. The van der Waals surface area contributed by atoms with Gasteiger partial charge in [0, 0.05) is 17.7 Å². The monoisotopic (exact) mass is 343 g/mol. The molecule has 2 N–H and O–H groups in total. The first-order valence-corrected chi connectivity index (χ1v) is 8.51. The Kier molecular flexibility index (Phi) is 7.29. The number of rotatable bonds is 9. The Morgan fingerprint density at radius 2 is 1.88 bits per heavy atom. The van der Waals surface area contributed by atoms with E-state index in [9.17, 15) is 9.90 Å². The summed E-state index contributed by atoms with van der Waals surface area (Å²) in [5.74, 6) is 0.345. The van der Waals surface area contributed by atoms with E-state index in [1.807, 2.05) is 43.3 Å². The van der Waals surface area contributed by atoms with Crippen LogP contribution in [0.25, 0.3) is 0 Å². The van der Waals surface area contributed by atoms with E-state index >= 15 is 0 Å². The first-order valence-electron chi connectivity index (χ1n) is 8.51. The van der Waals surface area contributed by atoms with Crippen molar-refractivity contribution in [2.75, 3.05) is 18.5 Å². The minimum atomic E-state index is -0.508. The molecular formula is C20H25NO4. The summed E-state index contributed by atoms with van der Waals surface area (Å²) < 4.78 is 10.7. The van der Waals surface area contributed by atoms with E-state index in [2.05, 4.69) is 5.32 Å². The van der Waals surface area contributed by atoms with Crippen molar-refractivity contribution in [1.29, 1.82) is 0 Å². The van der Waals surface area contributed by atoms with Crippen LogP contribution >= 0.6 is 0 Å². The Bertz CT molecular complexity index is 673. The Morgan fingerprint density at radius 3 is 2.52 bits per heavy atom. The van der Waals surface area contributed by atoms with Crippen LogP contribution in [0.3, 0.4) is 0 Å². The van der Waals surface area contributed by atoms with Gasteiger partial charge in [-0.25, -0.2) is 4.79 Å². The van der Waals surface area contributed by atoms with Gasteiger partial charge in [0.2, 0.25) is 0 Å². The Balaban J connectivity index is 2.19. The fraction of sp³-hybridized carbons (Fsp3) is 0.350. The maximum absolute atomic E-state index is 12.3. The van der Waals surface area contributed by atoms with Gasteiger partial charge in [0.25, 0.3) is 0 Å². The average molecular weight is 343 g/mol. The lowest BCUT2D eigenvalue weighted by Crippen LogP contribution is -2.33. The molecule has 0 saturated heterocycles. The van der Waals surface area contributed by atoms with E-state index in [4.69, 9.17) is 9.47 Å². The molecule has 0 radical (unpaired) electrons. The molecule has 0 aliphatic carbocycles. The van der Waals surface area contributed by atoms with E-state index in [1.165, 1.54) is 0 Å². The number of ether oxygens (including phenoxy) is 2. The molecule has 0 saturated carbocycles. The second-order valence-electron chi connectivity index (χ2n) is 5.55. The van der Waals surface area contributed by atoms with Gasteiger partial charge in [0.1, 0.15) is 11.8 Å². The Labute approximate surface area is 148 Å². The number of carbonyl (C=O) groups is 1. The molecule has 25 heavy (non-hydrogen) atoms. The second-order valence-corrected chi connectivity index (χ2v) is 5.55. The molecule has 1 atom stereocenters. The van der Waals surface area contributed by atoms with E-state index in [0.29, 0.717) is 30.9 Å². The highest BCUT2D eigenvalue weighted by atomic mass is 16.5. The summed E-state index contributed by atoms with van der Waals surface area (Å²) in [4.78, 5) is 12.3. The normalized spacial score (nSPS) is 11.6. The van der Waals surface area contributed by atoms with Crippen molar-refractivity contribution in [2.24, 2.45) is 0 Å². The Morgan fingerprint density at radius 1 is 1.12 bits per heavy atom. The molecule has 134 valence electrons. The molecule has 5 nitrogen and oxygen atoms in total. The first-order chi connectivity index (χ1) is 12.2. The Hall–Kier alpha value is -2.53. The molecular weight excluding hydrogens is 318 g/mol. The highest BCUT2D eigenvalue weighted by molar-refractivity contribution is 5.80. The third-order valence-corrected chi connectivity index (χ3v) is 3.73. The molecule has 0 spiro atoms. The molecule has 2 rings (SSSR count). The van der Waals surface area contributed by atoms with Crippen molar-refractivity contribution in [2.45, 2.75) is 32.9 Å². The number of nitrogens with one attached hydrogen (secondary N) is 1. The van der Waals surface area contributed by atoms with Crippen molar-refractivity contribution in [1.82, 2.24) is 0 Å². The summed E-state index contributed by atoms with van der Waals surface area (Å²) in [5, 5.41) is 12.7. The molecule has 0 aliphatic rings. The third kappa shape index (κ3) is 5.50. The van der Waals surface area contributed by atoms with Crippen LogP contribution in [0.4, 0.5) is 5.69 Å². The van der Waals surface area contributed by atoms with Gasteiger partial charge < -0.3 is 19.9 Å². The SMILES string of the molecule is CCOC(=O)[C@H](Cc1ccccc1)Nc1ccc(OCC)c(CO)c1. The first kappa shape index (κ1) is 18.8. The van der Waals surface area contributed by atoms with E-state index in [0.717, 1.165) is 11.3 Å². The minimum Gasteiger partial charge on any atom is -0.494 e. The van der Waals surface area contributed by atoms with Gasteiger partial charge in [-0.1, -0.05) is 30.3 Å². The lowest BCUT2D eigenvalue weighted by molar-refractivity contribution is -0.144. The smallest absolute Gasteiger partial charge is 0.328 e. The lowest BCUT2D eigenvalue weighted by atomic mass is 10.1. The molecule has 0 fully saturated rings. The van der Waals surface area contributed by atoms with Crippen molar-refractivity contribution in [3.63, 3.8) is 0 Å². The minimum absolute atomic E-state index is 0.131. The maximum atomic E-state index is 12.3. The fourth-order valence-electron chi connectivity index (χ4n) is 2.58. The summed E-state index contributed by atoms with van der Waals surface area (Å²) in [5.41, 5.74) is 2.46. The van der Waals surface area contributed by atoms with Gasteiger partial charge in [-0.15, -0.1) is 0 Å². The van der Waals surface area contributed by atoms with Crippen LogP contribution in [0.15, 0.2) is 48.5 Å². The summed E-state index contributed by atoms with van der Waals surface area (Å²) in [7, 11) is 0. The largest absolute Gasteiger partial charge is 0.494 e. The van der Waals surface area contributed by atoms with Crippen molar-refractivity contribution >= 4 is 11.7 Å². The predicted octanol–water partition coefficient (Wildman–Crippen LogP) is 3.16. The third-order valence-electron chi connectivity index (χ3n) is 3.73.